The van der Waals surface area contributed by atoms with Crippen LogP contribution in [0, 0.1) is 6.92 Å². The van der Waals surface area contributed by atoms with Gasteiger partial charge in [0.2, 0.25) is 6.79 Å². The molecule has 82 valence electrons. The predicted octanol–water partition coefficient (Wildman–Crippen LogP) is 2.27. The number of hydrogen-bond acceptors (Lipinski definition) is 3. The highest BCUT2D eigenvalue weighted by molar-refractivity contribution is 6.32. The SMILES string of the molecule is Cc1c(CC(C)N)cc(Cl)c2c1OCO2. The van der Waals surface area contributed by atoms with Crippen LogP contribution in [-0.2, 0) is 6.42 Å². The summed E-state index contributed by atoms with van der Waals surface area (Å²) in [6, 6.07) is 2.02. The molecule has 2 rings (SSSR count). The smallest absolute Gasteiger partial charge is 0.231 e. The number of halogens is 1. The summed E-state index contributed by atoms with van der Waals surface area (Å²) >= 11 is 6.08. The normalized spacial score (nSPS) is 15.5. The molecule has 0 radical (unpaired) electrons. The van der Waals surface area contributed by atoms with Crippen LogP contribution in [0.1, 0.15) is 18.1 Å². The second-order valence-electron chi connectivity index (χ2n) is 3.89. The second-order valence-corrected chi connectivity index (χ2v) is 4.30. The lowest BCUT2D eigenvalue weighted by molar-refractivity contribution is 0.173. The van der Waals surface area contributed by atoms with Crippen molar-refractivity contribution in [1.82, 2.24) is 0 Å². The molecule has 0 bridgehead atoms. The number of rotatable bonds is 2. The Morgan fingerprint density at radius 3 is 2.80 bits per heavy atom. The first-order valence-electron chi connectivity index (χ1n) is 4.92. The fourth-order valence-electron chi connectivity index (χ4n) is 1.77. The first-order valence-corrected chi connectivity index (χ1v) is 5.30. The Morgan fingerprint density at radius 1 is 1.47 bits per heavy atom. The van der Waals surface area contributed by atoms with Gasteiger partial charge in [0, 0.05) is 6.04 Å². The molecule has 1 heterocycles. The summed E-state index contributed by atoms with van der Waals surface area (Å²) in [7, 11) is 0. The van der Waals surface area contributed by atoms with Gasteiger partial charge in [-0.15, -0.1) is 0 Å². The van der Waals surface area contributed by atoms with Crippen LogP contribution >= 0.6 is 11.6 Å². The van der Waals surface area contributed by atoms with E-state index in [2.05, 4.69) is 0 Å². The third-order valence-corrected chi connectivity index (χ3v) is 2.78. The fraction of sp³-hybridized carbons (Fsp3) is 0.455. The van der Waals surface area contributed by atoms with E-state index in [1.807, 2.05) is 19.9 Å². The lowest BCUT2D eigenvalue weighted by Crippen LogP contribution is -2.18. The molecule has 0 amide bonds. The van der Waals surface area contributed by atoms with Crippen molar-refractivity contribution in [3.8, 4) is 11.5 Å². The Balaban J connectivity index is 2.45. The van der Waals surface area contributed by atoms with Crippen molar-refractivity contribution in [3.63, 3.8) is 0 Å². The molecule has 1 aromatic rings. The molecular weight excluding hydrogens is 214 g/mol. The summed E-state index contributed by atoms with van der Waals surface area (Å²) in [6.45, 7) is 4.22. The molecule has 0 aliphatic carbocycles. The van der Waals surface area contributed by atoms with Gasteiger partial charge in [-0.3, -0.25) is 0 Å². The topological polar surface area (TPSA) is 44.5 Å². The van der Waals surface area contributed by atoms with E-state index in [1.165, 1.54) is 0 Å². The average molecular weight is 228 g/mol. The van der Waals surface area contributed by atoms with Crippen molar-refractivity contribution >= 4 is 11.6 Å². The van der Waals surface area contributed by atoms with E-state index in [0.717, 1.165) is 23.3 Å². The van der Waals surface area contributed by atoms with Crippen LogP contribution in [0.5, 0.6) is 11.5 Å². The zero-order chi connectivity index (χ0) is 11.0. The van der Waals surface area contributed by atoms with Crippen LogP contribution in [0.25, 0.3) is 0 Å². The largest absolute Gasteiger partial charge is 0.453 e. The van der Waals surface area contributed by atoms with Crippen LogP contribution in [0.15, 0.2) is 6.07 Å². The summed E-state index contributed by atoms with van der Waals surface area (Å²) in [5.74, 6) is 1.42. The zero-order valence-electron chi connectivity index (χ0n) is 8.84. The van der Waals surface area contributed by atoms with E-state index in [0.29, 0.717) is 10.8 Å². The molecular formula is C11H14ClNO2. The van der Waals surface area contributed by atoms with Gasteiger partial charge in [0.05, 0.1) is 5.02 Å². The minimum absolute atomic E-state index is 0.111. The van der Waals surface area contributed by atoms with Gasteiger partial charge in [0.1, 0.15) is 0 Å². The van der Waals surface area contributed by atoms with Gasteiger partial charge in [0.15, 0.2) is 11.5 Å². The standard InChI is InChI=1S/C11H14ClNO2/c1-6(13)3-8-4-9(12)11-10(7(8)2)14-5-15-11/h4,6H,3,5,13H2,1-2H3. The zero-order valence-corrected chi connectivity index (χ0v) is 9.60. The number of hydrogen-bond donors (Lipinski definition) is 1. The monoisotopic (exact) mass is 227 g/mol. The predicted molar refractivity (Wildman–Crippen MR) is 59.7 cm³/mol. The highest BCUT2D eigenvalue weighted by Gasteiger charge is 2.22. The Labute approximate surface area is 94.1 Å². The van der Waals surface area contributed by atoms with Gasteiger partial charge >= 0.3 is 0 Å². The first-order chi connectivity index (χ1) is 7.09. The van der Waals surface area contributed by atoms with Crippen molar-refractivity contribution in [1.29, 1.82) is 0 Å². The van der Waals surface area contributed by atoms with Crippen LogP contribution in [-0.4, -0.2) is 12.8 Å². The lowest BCUT2D eigenvalue weighted by Gasteiger charge is -2.11. The van der Waals surface area contributed by atoms with Gasteiger partial charge in [-0.1, -0.05) is 11.6 Å². The molecule has 15 heavy (non-hydrogen) atoms. The van der Waals surface area contributed by atoms with E-state index in [9.17, 15) is 0 Å². The van der Waals surface area contributed by atoms with Gasteiger partial charge in [-0.2, -0.15) is 0 Å². The molecule has 0 saturated carbocycles. The van der Waals surface area contributed by atoms with Gasteiger partial charge in [0.25, 0.3) is 0 Å². The van der Waals surface area contributed by atoms with Crippen molar-refractivity contribution in [2.24, 2.45) is 5.73 Å². The second kappa shape index (κ2) is 3.91. The Kier molecular flexibility index (Phi) is 2.76. The highest BCUT2D eigenvalue weighted by Crippen LogP contribution is 2.43. The van der Waals surface area contributed by atoms with Crippen LogP contribution in [0.3, 0.4) is 0 Å². The van der Waals surface area contributed by atoms with E-state index < -0.39 is 0 Å². The third kappa shape index (κ3) is 1.90. The third-order valence-electron chi connectivity index (χ3n) is 2.49. The quantitative estimate of drug-likeness (QED) is 0.843. The first kappa shape index (κ1) is 10.6. The van der Waals surface area contributed by atoms with Gasteiger partial charge in [-0.05, 0) is 37.5 Å². The molecule has 1 atom stereocenters. The van der Waals surface area contributed by atoms with Gasteiger partial charge in [-0.25, -0.2) is 0 Å². The molecule has 2 N–H and O–H groups in total. The van der Waals surface area contributed by atoms with E-state index in [-0.39, 0.29) is 12.8 Å². The van der Waals surface area contributed by atoms with Gasteiger partial charge < -0.3 is 15.2 Å². The maximum absolute atomic E-state index is 6.08. The average Bonchev–Trinajstić information content (AvgIpc) is 2.61. The van der Waals surface area contributed by atoms with Crippen LogP contribution in [0.4, 0.5) is 0 Å². The summed E-state index contributed by atoms with van der Waals surface area (Å²) in [4.78, 5) is 0. The summed E-state index contributed by atoms with van der Waals surface area (Å²) in [5.41, 5.74) is 7.97. The molecule has 1 aromatic carbocycles. The minimum atomic E-state index is 0.111. The minimum Gasteiger partial charge on any atom is -0.453 e. The maximum Gasteiger partial charge on any atom is 0.231 e. The molecule has 0 saturated heterocycles. The van der Waals surface area contributed by atoms with E-state index in [4.69, 9.17) is 26.8 Å². The van der Waals surface area contributed by atoms with Crippen molar-refractivity contribution in [2.75, 3.05) is 6.79 Å². The Bertz CT molecular complexity index is 391. The molecule has 1 aliphatic rings. The highest BCUT2D eigenvalue weighted by atomic mass is 35.5. The summed E-state index contributed by atoms with van der Waals surface area (Å²) in [5, 5.41) is 0.601. The molecule has 3 nitrogen and oxygen atoms in total. The molecule has 0 aromatic heterocycles. The Hall–Kier alpha value is -0.930. The summed E-state index contributed by atoms with van der Waals surface area (Å²) in [6.07, 6.45) is 0.794. The molecule has 1 aliphatic heterocycles. The lowest BCUT2D eigenvalue weighted by atomic mass is 10.0. The van der Waals surface area contributed by atoms with Crippen molar-refractivity contribution in [3.05, 3.63) is 22.2 Å². The number of benzene rings is 1. The molecule has 0 fully saturated rings. The van der Waals surface area contributed by atoms with Crippen LogP contribution < -0.4 is 15.2 Å². The molecule has 1 unspecified atom stereocenters. The van der Waals surface area contributed by atoms with Crippen LogP contribution in [0.2, 0.25) is 5.02 Å². The van der Waals surface area contributed by atoms with Crippen molar-refractivity contribution < 1.29 is 9.47 Å². The number of nitrogens with two attached hydrogens (primary N) is 1. The molecule has 0 spiro atoms. The molecule has 4 heteroatoms. The number of fused-ring (bicyclic) bond motifs is 1. The van der Waals surface area contributed by atoms with E-state index >= 15 is 0 Å². The number of ether oxygens (including phenoxy) is 2. The Morgan fingerprint density at radius 2 is 2.13 bits per heavy atom. The summed E-state index contributed by atoms with van der Waals surface area (Å²) < 4.78 is 10.7. The van der Waals surface area contributed by atoms with Crippen molar-refractivity contribution in [2.45, 2.75) is 26.3 Å². The fourth-order valence-corrected chi connectivity index (χ4v) is 2.04. The maximum atomic E-state index is 6.08. The van der Waals surface area contributed by atoms with E-state index in [1.54, 1.807) is 0 Å².